The topological polar surface area (TPSA) is 127 Å². The van der Waals surface area contributed by atoms with Crippen molar-refractivity contribution in [2.45, 2.75) is 26.3 Å². The smallest absolute Gasteiger partial charge is 0.251 e. The third-order valence-electron chi connectivity index (χ3n) is 3.07. The summed E-state index contributed by atoms with van der Waals surface area (Å²) in [4.78, 5) is 34.4. The zero-order chi connectivity index (χ0) is 16.7. The highest BCUT2D eigenvalue weighted by Crippen LogP contribution is 2.12. The number of amides is 3. The van der Waals surface area contributed by atoms with Crippen molar-refractivity contribution < 1.29 is 14.4 Å². The first-order chi connectivity index (χ1) is 10.3. The van der Waals surface area contributed by atoms with E-state index in [0.717, 1.165) is 0 Å². The van der Waals surface area contributed by atoms with Crippen LogP contribution in [0, 0.1) is 5.92 Å². The van der Waals surface area contributed by atoms with E-state index in [9.17, 15) is 14.4 Å². The van der Waals surface area contributed by atoms with Gasteiger partial charge in [0, 0.05) is 24.2 Å². The molecule has 0 aliphatic heterocycles. The first-order valence-electron chi connectivity index (χ1n) is 7.04. The molecule has 0 aromatic heterocycles. The Balaban J connectivity index is 0.00000484. The quantitative estimate of drug-likeness (QED) is 0.579. The highest BCUT2D eigenvalue weighted by Gasteiger charge is 2.17. The van der Waals surface area contributed by atoms with Gasteiger partial charge in [-0.25, -0.2) is 0 Å². The molecule has 1 atom stereocenters. The fourth-order valence-electron chi connectivity index (χ4n) is 1.67. The first-order valence-corrected chi connectivity index (χ1v) is 7.04. The number of hydrogen-bond acceptors (Lipinski definition) is 4. The SMILES string of the molecule is CC(C)[C@H](N)C(=O)Nc1cccc(C(=O)NCCC(N)=O)c1.Cl. The molecule has 8 heteroatoms. The van der Waals surface area contributed by atoms with Crippen LogP contribution in [0.25, 0.3) is 0 Å². The number of nitrogens with two attached hydrogens (primary N) is 2. The number of hydrogen-bond donors (Lipinski definition) is 4. The predicted molar refractivity (Wildman–Crippen MR) is 91.3 cm³/mol. The second kappa shape index (κ2) is 9.81. The molecule has 0 saturated carbocycles. The van der Waals surface area contributed by atoms with Crippen LogP contribution in [0.2, 0.25) is 0 Å². The van der Waals surface area contributed by atoms with Gasteiger partial charge < -0.3 is 22.1 Å². The van der Waals surface area contributed by atoms with Gasteiger partial charge >= 0.3 is 0 Å². The Hall–Kier alpha value is -2.12. The number of nitrogens with one attached hydrogen (secondary N) is 2. The molecule has 0 aliphatic carbocycles. The maximum atomic E-state index is 11.9. The Morgan fingerprint density at radius 2 is 1.87 bits per heavy atom. The number of primary amides is 1. The third kappa shape index (κ3) is 7.12. The van der Waals surface area contributed by atoms with Gasteiger partial charge in [-0.3, -0.25) is 14.4 Å². The summed E-state index contributed by atoms with van der Waals surface area (Å²) >= 11 is 0. The van der Waals surface area contributed by atoms with Gasteiger partial charge in [-0.2, -0.15) is 0 Å². The average molecular weight is 343 g/mol. The Labute approximate surface area is 141 Å². The van der Waals surface area contributed by atoms with Crippen LogP contribution in [-0.4, -0.2) is 30.3 Å². The van der Waals surface area contributed by atoms with Crippen molar-refractivity contribution in [3.8, 4) is 0 Å². The number of anilines is 1. The molecule has 3 amide bonds. The molecule has 23 heavy (non-hydrogen) atoms. The largest absolute Gasteiger partial charge is 0.370 e. The van der Waals surface area contributed by atoms with Crippen molar-refractivity contribution in [1.82, 2.24) is 5.32 Å². The van der Waals surface area contributed by atoms with E-state index in [4.69, 9.17) is 11.5 Å². The Morgan fingerprint density at radius 1 is 1.22 bits per heavy atom. The van der Waals surface area contributed by atoms with E-state index in [1.165, 1.54) is 0 Å². The molecule has 0 fully saturated rings. The summed E-state index contributed by atoms with van der Waals surface area (Å²) in [6, 6.07) is 5.86. The fourth-order valence-corrected chi connectivity index (χ4v) is 1.67. The molecule has 0 heterocycles. The second-order valence-electron chi connectivity index (χ2n) is 5.31. The number of benzene rings is 1. The van der Waals surface area contributed by atoms with Crippen LogP contribution in [0.15, 0.2) is 24.3 Å². The first kappa shape index (κ1) is 20.9. The predicted octanol–water partition coefficient (Wildman–Crippen LogP) is 0.635. The van der Waals surface area contributed by atoms with Crippen molar-refractivity contribution in [2.24, 2.45) is 17.4 Å². The van der Waals surface area contributed by atoms with Crippen LogP contribution in [0.5, 0.6) is 0 Å². The van der Waals surface area contributed by atoms with Crippen molar-refractivity contribution in [2.75, 3.05) is 11.9 Å². The maximum absolute atomic E-state index is 11.9. The lowest BCUT2D eigenvalue weighted by Crippen LogP contribution is -2.39. The monoisotopic (exact) mass is 342 g/mol. The molecule has 1 rings (SSSR count). The lowest BCUT2D eigenvalue weighted by molar-refractivity contribution is -0.118. The summed E-state index contributed by atoms with van der Waals surface area (Å²) in [5, 5.41) is 5.25. The van der Waals surface area contributed by atoms with E-state index in [0.29, 0.717) is 11.3 Å². The lowest BCUT2D eigenvalue weighted by Gasteiger charge is -2.15. The maximum Gasteiger partial charge on any atom is 0.251 e. The summed E-state index contributed by atoms with van der Waals surface area (Å²) in [5.74, 6) is -1.11. The number of carbonyl (C=O) groups excluding carboxylic acids is 3. The highest BCUT2D eigenvalue weighted by molar-refractivity contribution is 5.98. The highest BCUT2D eigenvalue weighted by atomic mass is 35.5. The van der Waals surface area contributed by atoms with Crippen LogP contribution >= 0.6 is 12.4 Å². The summed E-state index contributed by atoms with van der Waals surface area (Å²) in [6.07, 6.45) is 0.0748. The minimum Gasteiger partial charge on any atom is -0.370 e. The Kier molecular flexibility index (Phi) is 8.90. The molecular formula is C15H23ClN4O3. The lowest BCUT2D eigenvalue weighted by atomic mass is 10.0. The summed E-state index contributed by atoms with van der Waals surface area (Å²) in [6.45, 7) is 3.88. The molecule has 1 aromatic carbocycles. The summed E-state index contributed by atoms with van der Waals surface area (Å²) in [5.41, 5.74) is 11.6. The molecule has 0 bridgehead atoms. The van der Waals surface area contributed by atoms with E-state index in [1.54, 1.807) is 24.3 Å². The molecular weight excluding hydrogens is 320 g/mol. The standard InChI is InChI=1S/C15H22N4O3.ClH/c1-9(2)13(17)15(22)19-11-5-3-4-10(8-11)14(21)18-7-6-12(16)20;/h3-5,8-9,13H,6-7,17H2,1-2H3,(H2,16,20)(H,18,21)(H,19,22);1H/t13-;/m0./s1. The van der Waals surface area contributed by atoms with Gasteiger partial charge in [-0.1, -0.05) is 19.9 Å². The van der Waals surface area contributed by atoms with Crippen molar-refractivity contribution in [3.63, 3.8) is 0 Å². The van der Waals surface area contributed by atoms with Crippen LogP contribution in [0.3, 0.4) is 0 Å². The molecule has 7 nitrogen and oxygen atoms in total. The van der Waals surface area contributed by atoms with Gasteiger partial charge in [0.05, 0.1) is 6.04 Å². The van der Waals surface area contributed by atoms with Crippen molar-refractivity contribution in [1.29, 1.82) is 0 Å². The van der Waals surface area contributed by atoms with E-state index in [1.807, 2.05) is 13.8 Å². The summed E-state index contributed by atoms with van der Waals surface area (Å²) in [7, 11) is 0. The van der Waals surface area contributed by atoms with Gasteiger partial charge in [0.2, 0.25) is 11.8 Å². The van der Waals surface area contributed by atoms with Crippen LogP contribution < -0.4 is 22.1 Å². The minimum absolute atomic E-state index is 0. The molecule has 128 valence electrons. The Bertz CT molecular complexity index is 563. The molecule has 6 N–H and O–H groups in total. The van der Waals surface area contributed by atoms with E-state index in [-0.39, 0.29) is 43.1 Å². The summed E-state index contributed by atoms with van der Waals surface area (Å²) < 4.78 is 0. The van der Waals surface area contributed by atoms with Gasteiger partial charge in [0.15, 0.2) is 0 Å². The van der Waals surface area contributed by atoms with Crippen LogP contribution in [-0.2, 0) is 9.59 Å². The normalized spacial score (nSPS) is 11.3. The van der Waals surface area contributed by atoms with E-state index >= 15 is 0 Å². The third-order valence-corrected chi connectivity index (χ3v) is 3.07. The van der Waals surface area contributed by atoms with E-state index < -0.39 is 11.9 Å². The molecule has 0 saturated heterocycles. The van der Waals surface area contributed by atoms with Crippen LogP contribution in [0.4, 0.5) is 5.69 Å². The van der Waals surface area contributed by atoms with Gasteiger partial charge in [0.25, 0.3) is 5.91 Å². The number of rotatable bonds is 7. The van der Waals surface area contributed by atoms with E-state index in [2.05, 4.69) is 10.6 Å². The molecule has 1 aromatic rings. The minimum atomic E-state index is -0.618. The van der Waals surface area contributed by atoms with Crippen LogP contribution in [0.1, 0.15) is 30.6 Å². The molecule has 0 spiro atoms. The number of carbonyl (C=O) groups is 3. The van der Waals surface area contributed by atoms with Gasteiger partial charge in [-0.15, -0.1) is 12.4 Å². The average Bonchev–Trinajstić information content (AvgIpc) is 2.46. The van der Waals surface area contributed by atoms with Crippen molar-refractivity contribution in [3.05, 3.63) is 29.8 Å². The zero-order valence-electron chi connectivity index (χ0n) is 13.2. The van der Waals surface area contributed by atoms with Crippen molar-refractivity contribution >= 4 is 35.8 Å². The molecule has 0 radical (unpaired) electrons. The van der Waals surface area contributed by atoms with Gasteiger partial charge in [-0.05, 0) is 24.1 Å². The number of halogens is 1. The zero-order valence-corrected chi connectivity index (χ0v) is 14.0. The fraction of sp³-hybridized carbons (Fsp3) is 0.400. The Morgan fingerprint density at radius 3 is 2.43 bits per heavy atom. The second-order valence-corrected chi connectivity index (χ2v) is 5.31. The van der Waals surface area contributed by atoms with Gasteiger partial charge in [0.1, 0.15) is 0 Å². The molecule has 0 unspecified atom stereocenters. The molecule has 0 aliphatic rings.